The van der Waals surface area contributed by atoms with Crippen molar-refractivity contribution in [1.29, 1.82) is 0 Å². The molecule has 0 heteroatoms. The van der Waals surface area contributed by atoms with Gasteiger partial charge >= 0.3 is 0 Å². The molecule has 1 saturated carbocycles. The van der Waals surface area contributed by atoms with Gasteiger partial charge in [0.15, 0.2) is 0 Å². The minimum Gasteiger partial charge on any atom is -0.0955 e. The Labute approximate surface area is 91.3 Å². The first-order chi connectivity index (χ1) is 7.20. The number of fused-ring (bicyclic) bond motifs is 3. The summed E-state index contributed by atoms with van der Waals surface area (Å²) < 4.78 is 0. The molecule has 76 valence electrons. The van der Waals surface area contributed by atoms with E-state index in [9.17, 15) is 0 Å². The molecule has 3 unspecified atom stereocenters. The summed E-state index contributed by atoms with van der Waals surface area (Å²) in [6.07, 6.45) is 4.67. The van der Waals surface area contributed by atoms with Crippen LogP contribution in [0.4, 0.5) is 0 Å². The van der Waals surface area contributed by atoms with Crippen LogP contribution in [0.1, 0.15) is 36.5 Å². The molecule has 0 saturated heterocycles. The van der Waals surface area contributed by atoms with Crippen LogP contribution in [-0.2, 0) is 0 Å². The van der Waals surface area contributed by atoms with Gasteiger partial charge in [-0.1, -0.05) is 49.4 Å². The first-order valence-electron chi connectivity index (χ1n) is 5.67. The second-order valence-electron chi connectivity index (χ2n) is 4.91. The van der Waals surface area contributed by atoms with E-state index < -0.39 is 0 Å². The monoisotopic (exact) mass is 196 g/mol. The lowest BCUT2D eigenvalue weighted by atomic mass is 9.90. The Bertz CT molecular complexity index is 465. The van der Waals surface area contributed by atoms with E-state index in [1.807, 2.05) is 0 Å². The molecule has 3 rings (SSSR count). The molecule has 3 atom stereocenters. The van der Waals surface area contributed by atoms with Crippen LogP contribution in [0.3, 0.4) is 0 Å². The van der Waals surface area contributed by atoms with E-state index in [4.69, 9.17) is 0 Å². The summed E-state index contributed by atoms with van der Waals surface area (Å²) in [5.74, 6) is 2.42. The van der Waals surface area contributed by atoms with Crippen molar-refractivity contribution in [2.24, 2.45) is 11.8 Å². The Morgan fingerprint density at radius 2 is 2.13 bits per heavy atom. The predicted octanol–water partition coefficient (Wildman–Crippen LogP) is 4.10. The van der Waals surface area contributed by atoms with Crippen molar-refractivity contribution < 1.29 is 0 Å². The summed E-state index contributed by atoms with van der Waals surface area (Å²) in [6.45, 7) is 8.50. The van der Waals surface area contributed by atoms with Crippen molar-refractivity contribution in [3.05, 3.63) is 47.5 Å². The highest BCUT2D eigenvalue weighted by molar-refractivity contribution is 5.76. The Morgan fingerprint density at radius 3 is 2.87 bits per heavy atom. The summed E-state index contributed by atoms with van der Waals surface area (Å²) in [4.78, 5) is 0. The normalized spacial score (nSPS) is 30.7. The summed E-state index contributed by atoms with van der Waals surface area (Å²) in [6, 6.07) is 6.63. The zero-order valence-corrected chi connectivity index (χ0v) is 9.33. The average Bonchev–Trinajstić information content (AvgIpc) is 2.89. The lowest BCUT2D eigenvalue weighted by molar-refractivity contribution is 0.892. The van der Waals surface area contributed by atoms with Gasteiger partial charge in [-0.25, -0.2) is 0 Å². The van der Waals surface area contributed by atoms with Gasteiger partial charge in [0, 0.05) is 0 Å². The Balaban J connectivity index is 2.19. The van der Waals surface area contributed by atoms with E-state index in [-0.39, 0.29) is 0 Å². The van der Waals surface area contributed by atoms with Crippen molar-refractivity contribution in [1.82, 2.24) is 0 Å². The van der Waals surface area contributed by atoms with Crippen molar-refractivity contribution in [2.45, 2.75) is 19.8 Å². The van der Waals surface area contributed by atoms with Gasteiger partial charge in [-0.2, -0.15) is 0 Å². The first kappa shape index (κ1) is 8.96. The fourth-order valence-corrected chi connectivity index (χ4v) is 2.92. The van der Waals surface area contributed by atoms with Crippen LogP contribution in [0.25, 0.3) is 11.6 Å². The third-order valence-electron chi connectivity index (χ3n) is 3.89. The van der Waals surface area contributed by atoms with Gasteiger partial charge in [-0.05, 0) is 41.4 Å². The zero-order valence-electron chi connectivity index (χ0n) is 9.33. The molecule has 0 nitrogen and oxygen atoms in total. The second-order valence-corrected chi connectivity index (χ2v) is 4.91. The molecule has 2 aliphatic carbocycles. The molecule has 1 aromatic carbocycles. The van der Waals surface area contributed by atoms with E-state index in [1.54, 1.807) is 0 Å². The Hall–Kier alpha value is -1.30. The first-order valence-corrected chi connectivity index (χ1v) is 5.67. The highest BCUT2D eigenvalue weighted by atomic mass is 14.5. The molecule has 0 aliphatic heterocycles. The third-order valence-corrected chi connectivity index (χ3v) is 3.89. The van der Waals surface area contributed by atoms with Crippen molar-refractivity contribution in [3.8, 4) is 0 Å². The average molecular weight is 196 g/mol. The van der Waals surface area contributed by atoms with Gasteiger partial charge in [0.2, 0.25) is 0 Å². The summed E-state index contributed by atoms with van der Waals surface area (Å²) >= 11 is 0. The Kier molecular flexibility index (Phi) is 1.70. The van der Waals surface area contributed by atoms with Crippen LogP contribution in [0.2, 0.25) is 0 Å². The molecule has 0 N–H and O–H groups in total. The quantitative estimate of drug-likeness (QED) is 0.634. The molecule has 0 radical (unpaired) electrons. The number of hydrogen-bond acceptors (Lipinski definition) is 0. The lowest BCUT2D eigenvalue weighted by Gasteiger charge is -2.14. The zero-order chi connectivity index (χ0) is 10.6. The minimum atomic E-state index is 0.782. The topological polar surface area (TPSA) is 0 Å². The van der Waals surface area contributed by atoms with E-state index in [2.05, 4.69) is 50.8 Å². The number of benzene rings is 1. The standard InChI is InChI=1S/C15H16/c1-9(2)11-5-4-6-14-13(11)8-7-12-10(3)15(12)14/h4-8,10,12,15H,1H2,2-3H3. The third kappa shape index (κ3) is 1.14. The van der Waals surface area contributed by atoms with Gasteiger partial charge in [0.1, 0.15) is 0 Å². The van der Waals surface area contributed by atoms with Crippen LogP contribution in [-0.4, -0.2) is 0 Å². The van der Waals surface area contributed by atoms with Gasteiger partial charge in [0.05, 0.1) is 0 Å². The molecule has 0 bridgehead atoms. The maximum absolute atomic E-state index is 4.06. The maximum Gasteiger partial charge on any atom is -0.00584 e. The van der Waals surface area contributed by atoms with Crippen LogP contribution < -0.4 is 0 Å². The maximum atomic E-state index is 4.06. The molecule has 1 fully saturated rings. The lowest BCUT2D eigenvalue weighted by Crippen LogP contribution is -1.96. The largest absolute Gasteiger partial charge is 0.0955 e. The summed E-state index contributed by atoms with van der Waals surface area (Å²) in [5, 5.41) is 0. The van der Waals surface area contributed by atoms with Gasteiger partial charge in [-0.3, -0.25) is 0 Å². The minimum absolute atomic E-state index is 0.782. The Morgan fingerprint density at radius 1 is 1.33 bits per heavy atom. The summed E-state index contributed by atoms with van der Waals surface area (Å²) in [5.41, 5.74) is 5.44. The smallest absolute Gasteiger partial charge is 0.00584 e. The fourth-order valence-electron chi connectivity index (χ4n) is 2.92. The second kappa shape index (κ2) is 2.85. The SMILES string of the molecule is C=C(C)c1cccc2c1C=CC1C(C)C21. The molecule has 15 heavy (non-hydrogen) atoms. The highest BCUT2D eigenvalue weighted by Crippen LogP contribution is 2.58. The molecule has 0 heterocycles. The molecule has 0 aromatic heterocycles. The van der Waals surface area contributed by atoms with Crippen molar-refractivity contribution >= 4 is 11.6 Å². The predicted molar refractivity (Wildman–Crippen MR) is 65.6 cm³/mol. The molecule has 0 amide bonds. The van der Waals surface area contributed by atoms with E-state index >= 15 is 0 Å². The van der Waals surface area contributed by atoms with E-state index in [0.717, 1.165) is 17.8 Å². The number of rotatable bonds is 1. The number of allylic oxidation sites excluding steroid dienone is 2. The van der Waals surface area contributed by atoms with Gasteiger partial charge < -0.3 is 0 Å². The van der Waals surface area contributed by atoms with E-state index in [0.29, 0.717) is 0 Å². The van der Waals surface area contributed by atoms with Crippen LogP contribution in [0, 0.1) is 11.8 Å². The van der Waals surface area contributed by atoms with Gasteiger partial charge in [0.25, 0.3) is 0 Å². The molecular weight excluding hydrogens is 180 g/mol. The van der Waals surface area contributed by atoms with Gasteiger partial charge in [-0.15, -0.1) is 0 Å². The van der Waals surface area contributed by atoms with Crippen molar-refractivity contribution in [3.63, 3.8) is 0 Å². The van der Waals surface area contributed by atoms with Crippen LogP contribution in [0.15, 0.2) is 30.9 Å². The number of hydrogen-bond donors (Lipinski definition) is 0. The molecule has 1 aromatic rings. The highest BCUT2D eigenvalue weighted by Gasteiger charge is 2.48. The van der Waals surface area contributed by atoms with Crippen LogP contribution in [0.5, 0.6) is 0 Å². The summed E-state index contributed by atoms with van der Waals surface area (Å²) in [7, 11) is 0. The van der Waals surface area contributed by atoms with Crippen LogP contribution >= 0.6 is 0 Å². The molecule has 0 spiro atoms. The fraction of sp³-hybridized carbons (Fsp3) is 0.333. The molecular formula is C15H16. The molecule has 2 aliphatic rings. The van der Waals surface area contributed by atoms with E-state index in [1.165, 1.54) is 22.3 Å². The van der Waals surface area contributed by atoms with Crippen molar-refractivity contribution in [2.75, 3.05) is 0 Å².